The summed E-state index contributed by atoms with van der Waals surface area (Å²) in [5, 5.41) is 8.97. The van der Waals surface area contributed by atoms with Crippen molar-refractivity contribution in [1.82, 2.24) is 4.98 Å². The number of nitrogens with zero attached hydrogens (tertiary/aromatic N) is 2. The average molecular weight is 220 g/mol. The third-order valence-electron chi connectivity index (χ3n) is 2.05. The molecule has 1 rings (SSSR count). The van der Waals surface area contributed by atoms with Gasteiger partial charge in [0.2, 0.25) is 0 Å². The van der Waals surface area contributed by atoms with Crippen LogP contribution in [-0.4, -0.2) is 28.3 Å². The van der Waals surface area contributed by atoms with Gasteiger partial charge in [0.05, 0.1) is 5.69 Å². The van der Waals surface area contributed by atoms with Crippen LogP contribution in [0.2, 0.25) is 0 Å². The van der Waals surface area contributed by atoms with E-state index in [0.29, 0.717) is 18.0 Å². The van der Waals surface area contributed by atoms with E-state index in [4.69, 9.17) is 5.11 Å². The van der Waals surface area contributed by atoms with Gasteiger partial charge in [-0.25, -0.2) is 4.79 Å². The molecule has 0 saturated carbocycles. The van der Waals surface area contributed by atoms with Crippen LogP contribution in [0, 0.1) is 5.92 Å². The Morgan fingerprint density at radius 1 is 1.56 bits per heavy atom. The molecule has 0 aliphatic carbocycles. The molecule has 0 bridgehead atoms. The first-order valence-corrected chi connectivity index (χ1v) is 5.26. The number of hydrogen-bond acceptors (Lipinski definition) is 3. The number of carboxylic acids is 1. The lowest BCUT2D eigenvalue weighted by molar-refractivity contribution is -0.138. The van der Waals surface area contributed by atoms with E-state index in [0.717, 1.165) is 0 Å². The van der Waals surface area contributed by atoms with Crippen LogP contribution in [0.5, 0.6) is 0 Å². The van der Waals surface area contributed by atoms with Gasteiger partial charge in [-0.05, 0) is 24.5 Å². The van der Waals surface area contributed by atoms with E-state index in [1.54, 1.807) is 18.3 Å². The van der Waals surface area contributed by atoms with Crippen LogP contribution in [0.1, 0.15) is 26.0 Å². The maximum Gasteiger partial charge on any atom is 0.328 e. The first-order chi connectivity index (χ1) is 7.59. The second-order valence-electron chi connectivity index (χ2n) is 4.02. The highest BCUT2D eigenvalue weighted by Gasteiger charge is 2.16. The smallest absolute Gasteiger partial charge is 0.328 e. The average Bonchev–Trinajstić information content (AvgIpc) is 2.25. The monoisotopic (exact) mass is 220 g/mol. The van der Waals surface area contributed by atoms with E-state index in [2.05, 4.69) is 9.98 Å². The zero-order valence-corrected chi connectivity index (χ0v) is 9.50. The van der Waals surface area contributed by atoms with Crippen LogP contribution in [0.3, 0.4) is 0 Å². The quantitative estimate of drug-likeness (QED) is 0.772. The third kappa shape index (κ3) is 4.21. The molecule has 86 valence electrons. The van der Waals surface area contributed by atoms with Gasteiger partial charge in [-0.1, -0.05) is 19.9 Å². The molecule has 1 unspecified atom stereocenters. The predicted molar refractivity (Wildman–Crippen MR) is 62.7 cm³/mol. The number of carboxylic acid groups (broad SMARTS) is 1. The molecular weight excluding hydrogens is 204 g/mol. The highest BCUT2D eigenvalue weighted by Crippen LogP contribution is 2.08. The molecule has 0 amide bonds. The van der Waals surface area contributed by atoms with Crippen molar-refractivity contribution in [1.29, 1.82) is 0 Å². The highest BCUT2D eigenvalue weighted by molar-refractivity contribution is 5.81. The number of aromatic nitrogens is 1. The molecule has 16 heavy (non-hydrogen) atoms. The van der Waals surface area contributed by atoms with Gasteiger partial charge < -0.3 is 5.11 Å². The molecule has 0 saturated heterocycles. The van der Waals surface area contributed by atoms with Gasteiger partial charge in [0.1, 0.15) is 6.04 Å². The number of rotatable bonds is 5. The second-order valence-corrected chi connectivity index (χ2v) is 4.02. The molecule has 0 spiro atoms. The zero-order chi connectivity index (χ0) is 12.0. The lowest BCUT2D eigenvalue weighted by atomic mass is 10.0. The third-order valence-corrected chi connectivity index (χ3v) is 2.05. The summed E-state index contributed by atoms with van der Waals surface area (Å²) in [6, 6.07) is 4.76. The summed E-state index contributed by atoms with van der Waals surface area (Å²) in [5.74, 6) is -0.581. The molecule has 1 aromatic rings. The summed E-state index contributed by atoms with van der Waals surface area (Å²) in [5.41, 5.74) is 0.678. The van der Waals surface area contributed by atoms with Gasteiger partial charge in [0.25, 0.3) is 0 Å². The van der Waals surface area contributed by atoms with Gasteiger partial charge in [0.15, 0.2) is 0 Å². The van der Waals surface area contributed by atoms with Crippen molar-refractivity contribution in [2.24, 2.45) is 10.9 Å². The van der Waals surface area contributed by atoms with Gasteiger partial charge >= 0.3 is 5.97 Å². The maximum absolute atomic E-state index is 10.9. The molecule has 4 heteroatoms. The minimum absolute atomic E-state index is 0.307. The van der Waals surface area contributed by atoms with Crippen LogP contribution in [0.15, 0.2) is 29.4 Å². The van der Waals surface area contributed by atoms with Gasteiger partial charge in [-0.2, -0.15) is 0 Å². The summed E-state index contributed by atoms with van der Waals surface area (Å²) >= 11 is 0. The second kappa shape index (κ2) is 6.00. The molecule has 0 fully saturated rings. The minimum atomic E-state index is -0.888. The molecule has 4 nitrogen and oxygen atoms in total. The molecule has 0 aliphatic heterocycles. The summed E-state index contributed by atoms with van der Waals surface area (Å²) in [7, 11) is 0. The molecular formula is C12H16N2O2. The number of carbonyl (C=O) groups is 1. The van der Waals surface area contributed by atoms with E-state index in [1.807, 2.05) is 19.9 Å². The summed E-state index contributed by atoms with van der Waals surface area (Å²) in [4.78, 5) is 19.0. The predicted octanol–water partition coefficient (Wildman–Crippen LogP) is 2.00. The maximum atomic E-state index is 10.9. The van der Waals surface area contributed by atoms with Crippen molar-refractivity contribution in [2.75, 3.05) is 0 Å². The van der Waals surface area contributed by atoms with Gasteiger partial charge in [-0.3, -0.25) is 9.98 Å². The van der Waals surface area contributed by atoms with Crippen molar-refractivity contribution in [3.8, 4) is 0 Å². The van der Waals surface area contributed by atoms with E-state index < -0.39 is 12.0 Å². The van der Waals surface area contributed by atoms with Crippen molar-refractivity contribution in [3.63, 3.8) is 0 Å². The van der Waals surface area contributed by atoms with Crippen LogP contribution in [0.25, 0.3) is 0 Å². The Balaban J connectivity index is 2.68. The Morgan fingerprint density at radius 2 is 2.31 bits per heavy atom. The number of aliphatic imine (C=N–C) groups is 1. The van der Waals surface area contributed by atoms with Gasteiger partial charge in [-0.15, -0.1) is 0 Å². The summed E-state index contributed by atoms with van der Waals surface area (Å²) in [6.07, 6.45) is 3.71. The first-order valence-electron chi connectivity index (χ1n) is 5.26. The Kier molecular flexibility index (Phi) is 4.64. The fourth-order valence-corrected chi connectivity index (χ4v) is 1.29. The fraction of sp³-hybridized carbons (Fsp3) is 0.417. The molecule has 1 heterocycles. The first kappa shape index (κ1) is 12.4. The Bertz CT molecular complexity index is 361. The molecule has 1 aromatic heterocycles. The molecule has 0 aromatic carbocycles. The van der Waals surface area contributed by atoms with Crippen molar-refractivity contribution in [3.05, 3.63) is 30.1 Å². The van der Waals surface area contributed by atoms with E-state index >= 15 is 0 Å². The summed E-state index contributed by atoms with van der Waals surface area (Å²) < 4.78 is 0. The summed E-state index contributed by atoms with van der Waals surface area (Å²) in [6.45, 7) is 3.96. The van der Waals surface area contributed by atoms with Crippen LogP contribution in [-0.2, 0) is 4.79 Å². The number of aliphatic carboxylic acids is 1. The van der Waals surface area contributed by atoms with Crippen LogP contribution in [0.4, 0.5) is 0 Å². The van der Waals surface area contributed by atoms with Crippen molar-refractivity contribution < 1.29 is 9.90 Å². The number of hydrogen-bond donors (Lipinski definition) is 1. The Hall–Kier alpha value is -1.71. The molecule has 1 N–H and O–H groups in total. The highest BCUT2D eigenvalue weighted by atomic mass is 16.4. The molecule has 0 radical (unpaired) electrons. The zero-order valence-electron chi connectivity index (χ0n) is 9.50. The fourth-order valence-electron chi connectivity index (χ4n) is 1.29. The molecule has 1 atom stereocenters. The SMILES string of the molecule is CC(C)CC(N=Cc1ccccn1)C(=O)O. The van der Waals surface area contributed by atoms with E-state index in [-0.39, 0.29) is 0 Å². The lowest BCUT2D eigenvalue weighted by Crippen LogP contribution is -2.20. The number of pyridine rings is 1. The van der Waals surface area contributed by atoms with Crippen molar-refractivity contribution in [2.45, 2.75) is 26.3 Å². The Morgan fingerprint density at radius 3 is 2.81 bits per heavy atom. The van der Waals surface area contributed by atoms with Crippen LogP contribution < -0.4 is 0 Å². The van der Waals surface area contributed by atoms with Crippen molar-refractivity contribution >= 4 is 12.2 Å². The normalized spacial score (nSPS) is 13.2. The van der Waals surface area contributed by atoms with E-state index in [1.165, 1.54) is 6.21 Å². The topological polar surface area (TPSA) is 62.5 Å². The lowest BCUT2D eigenvalue weighted by Gasteiger charge is -2.09. The van der Waals surface area contributed by atoms with Crippen LogP contribution >= 0.6 is 0 Å². The largest absolute Gasteiger partial charge is 0.480 e. The van der Waals surface area contributed by atoms with E-state index in [9.17, 15) is 4.79 Å². The Labute approximate surface area is 95.1 Å². The van der Waals surface area contributed by atoms with Gasteiger partial charge in [0, 0.05) is 12.4 Å². The minimum Gasteiger partial charge on any atom is -0.480 e. The standard InChI is InChI=1S/C12H16N2O2/c1-9(2)7-11(12(15)16)14-8-10-5-3-4-6-13-10/h3-6,8-9,11H,7H2,1-2H3,(H,15,16). The molecule has 0 aliphatic rings.